The van der Waals surface area contributed by atoms with Crippen molar-refractivity contribution in [3.8, 4) is 0 Å². The predicted octanol–water partition coefficient (Wildman–Crippen LogP) is 1.25. The van der Waals surface area contributed by atoms with Gasteiger partial charge >= 0.3 is 0 Å². The Balaban J connectivity index is 2.30. The molecule has 5 heteroatoms. The monoisotopic (exact) mass is 173 g/mol. The van der Waals surface area contributed by atoms with Gasteiger partial charge in [0.05, 0.1) is 0 Å². The van der Waals surface area contributed by atoms with Gasteiger partial charge in [0.25, 0.3) is 5.92 Å². The number of aryl methyl sites for hydroxylation is 1. The molecule has 0 bridgehead atoms. The lowest BCUT2D eigenvalue weighted by Gasteiger charge is -2.12. The summed E-state index contributed by atoms with van der Waals surface area (Å²) in [5, 5.41) is 3.74. The maximum absolute atomic E-state index is 12.9. The molecule has 1 aromatic heterocycles. The summed E-state index contributed by atoms with van der Waals surface area (Å²) in [7, 11) is 0. The van der Waals surface area contributed by atoms with E-state index in [4.69, 9.17) is 0 Å². The Bertz CT molecular complexity index is 282. The first-order valence-corrected chi connectivity index (χ1v) is 3.92. The van der Waals surface area contributed by atoms with Crippen molar-refractivity contribution in [2.45, 2.75) is 31.7 Å². The molecule has 12 heavy (non-hydrogen) atoms. The van der Waals surface area contributed by atoms with Crippen LogP contribution in [0.1, 0.15) is 18.7 Å². The zero-order chi connectivity index (χ0) is 8.60. The van der Waals surface area contributed by atoms with Crippen molar-refractivity contribution in [1.29, 1.82) is 0 Å². The molecule has 1 aliphatic rings. The molecule has 1 aromatic rings. The highest BCUT2D eigenvalue weighted by Crippen LogP contribution is 2.26. The van der Waals surface area contributed by atoms with Crippen LogP contribution >= 0.6 is 0 Å². The van der Waals surface area contributed by atoms with Gasteiger partial charge in [-0.25, -0.2) is 18.4 Å². The molecule has 0 aliphatic carbocycles. The molecule has 1 aliphatic heterocycles. The van der Waals surface area contributed by atoms with E-state index in [-0.39, 0.29) is 13.0 Å². The van der Waals surface area contributed by atoms with Crippen LogP contribution in [-0.4, -0.2) is 20.7 Å². The molecule has 0 atom stereocenters. The van der Waals surface area contributed by atoms with E-state index in [9.17, 15) is 8.78 Å². The first-order chi connectivity index (χ1) is 5.67. The zero-order valence-electron chi connectivity index (χ0n) is 6.50. The molecule has 2 heterocycles. The average Bonchev–Trinajstić information content (AvgIpc) is 2.31. The Morgan fingerprint density at radius 3 is 3.17 bits per heavy atom. The molecular weight excluding hydrogens is 164 g/mol. The molecule has 0 amide bonds. The van der Waals surface area contributed by atoms with Crippen molar-refractivity contribution in [1.82, 2.24) is 14.8 Å². The molecule has 0 saturated heterocycles. The molecule has 0 N–H and O–H groups in total. The summed E-state index contributed by atoms with van der Waals surface area (Å²) in [5.74, 6) is -1.94. The molecule has 0 saturated carbocycles. The third-order valence-corrected chi connectivity index (χ3v) is 2.02. The second-order valence-electron chi connectivity index (χ2n) is 3.04. The molecule has 0 aromatic carbocycles. The molecule has 66 valence electrons. The molecule has 0 spiro atoms. The Labute approximate surface area is 68.4 Å². The zero-order valence-corrected chi connectivity index (χ0v) is 6.50. The summed E-state index contributed by atoms with van der Waals surface area (Å²) in [5.41, 5.74) is 0. The lowest BCUT2D eigenvalue weighted by atomic mass is 10.2. The Morgan fingerprint density at radius 2 is 2.33 bits per heavy atom. The first-order valence-electron chi connectivity index (χ1n) is 3.92. The summed E-state index contributed by atoms with van der Waals surface area (Å²) in [6.07, 6.45) is 2.37. The Hall–Kier alpha value is -1.00. The van der Waals surface area contributed by atoms with Crippen LogP contribution in [0.5, 0.6) is 0 Å². The minimum absolute atomic E-state index is 0.0575. The van der Waals surface area contributed by atoms with E-state index in [2.05, 4.69) is 10.1 Å². The second kappa shape index (κ2) is 2.50. The van der Waals surface area contributed by atoms with Gasteiger partial charge in [-0.3, -0.25) is 0 Å². The number of hydrogen-bond acceptors (Lipinski definition) is 2. The van der Waals surface area contributed by atoms with Crippen LogP contribution in [0.15, 0.2) is 6.33 Å². The van der Waals surface area contributed by atoms with Crippen LogP contribution in [0, 0.1) is 0 Å². The van der Waals surface area contributed by atoms with E-state index < -0.39 is 5.92 Å². The number of nitrogens with zero attached hydrogens (tertiary/aromatic N) is 3. The van der Waals surface area contributed by atoms with Crippen LogP contribution in [0.25, 0.3) is 0 Å². The number of alkyl halides is 2. The minimum Gasteiger partial charge on any atom is -0.244 e. The lowest BCUT2D eigenvalue weighted by molar-refractivity contribution is -0.0249. The lowest BCUT2D eigenvalue weighted by Crippen LogP contribution is -2.22. The van der Waals surface area contributed by atoms with Gasteiger partial charge in [0, 0.05) is 12.8 Å². The van der Waals surface area contributed by atoms with Gasteiger partial charge in [0.1, 0.15) is 18.7 Å². The molecule has 0 radical (unpaired) electrons. The topological polar surface area (TPSA) is 30.7 Å². The van der Waals surface area contributed by atoms with Crippen molar-refractivity contribution in [2.75, 3.05) is 0 Å². The van der Waals surface area contributed by atoms with E-state index in [1.54, 1.807) is 0 Å². The summed E-state index contributed by atoms with van der Waals surface area (Å²) < 4.78 is 27.2. The van der Waals surface area contributed by atoms with Crippen molar-refractivity contribution in [2.24, 2.45) is 0 Å². The molecule has 3 nitrogen and oxygen atoms in total. The normalized spacial score (nSPS) is 21.5. The van der Waals surface area contributed by atoms with Crippen molar-refractivity contribution in [3.63, 3.8) is 0 Å². The number of fused-ring (bicyclic) bond motifs is 1. The summed E-state index contributed by atoms with van der Waals surface area (Å²) >= 11 is 0. The summed E-state index contributed by atoms with van der Waals surface area (Å²) in [6.45, 7) is -0.317. The van der Waals surface area contributed by atoms with E-state index >= 15 is 0 Å². The van der Waals surface area contributed by atoms with E-state index in [0.29, 0.717) is 18.7 Å². The van der Waals surface area contributed by atoms with Crippen LogP contribution in [0.2, 0.25) is 0 Å². The highest BCUT2D eigenvalue weighted by atomic mass is 19.3. The number of halogens is 2. The fraction of sp³-hybridized carbons (Fsp3) is 0.714. The molecule has 2 rings (SSSR count). The molecular formula is C7H9F2N3. The maximum atomic E-state index is 12.9. The smallest absolute Gasteiger partial charge is 0.244 e. The van der Waals surface area contributed by atoms with Gasteiger partial charge in [-0.05, 0) is 6.42 Å². The van der Waals surface area contributed by atoms with Crippen LogP contribution in [0.3, 0.4) is 0 Å². The highest BCUT2D eigenvalue weighted by molar-refractivity contribution is 4.89. The van der Waals surface area contributed by atoms with Crippen molar-refractivity contribution in [3.05, 3.63) is 12.2 Å². The van der Waals surface area contributed by atoms with E-state index in [0.717, 1.165) is 0 Å². The van der Waals surface area contributed by atoms with Crippen LogP contribution in [0.4, 0.5) is 8.78 Å². The summed E-state index contributed by atoms with van der Waals surface area (Å²) in [4.78, 5) is 3.90. The van der Waals surface area contributed by atoms with Gasteiger partial charge in [-0.1, -0.05) is 0 Å². The minimum atomic E-state index is -2.61. The van der Waals surface area contributed by atoms with Gasteiger partial charge in [0.2, 0.25) is 0 Å². The van der Waals surface area contributed by atoms with Crippen LogP contribution in [-0.2, 0) is 13.0 Å². The fourth-order valence-electron chi connectivity index (χ4n) is 1.42. The first kappa shape index (κ1) is 7.64. The second-order valence-corrected chi connectivity index (χ2v) is 3.04. The number of hydrogen-bond donors (Lipinski definition) is 0. The van der Waals surface area contributed by atoms with Gasteiger partial charge in [-0.15, -0.1) is 0 Å². The highest BCUT2D eigenvalue weighted by Gasteiger charge is 2.32. The van der Waals surface area contributed by atoms with Crippen molar-refractivity contribution < 1.29 is 8.78 Å². The van der Waals surface area contributed by atoms with Crippen LogP contribution < -0.4 is 0 Å². The largest absolute Gasteiger partial charge is 0.267 e. The van der Waals surface area contributed by atoms with E-state index in [1.165, 1.54) is 11.0 Å². The molecule has 0 fully saturated rings. The van der Waals surface area contributed by atoms with Gasteiger partial charge < -0.3 is 0 Å². The van der Waals surface area contributed by atoms with E-state index in [1.807, 2.05) is 0 Å². The number of aromatic nitrogens is 3. The fourth-order valence-corrected chi connectivity index (χ4v) is 1.42. The van der Waals surface area contributed by atoms with Gasteiger partial charge in [0.15, 0.2) is 0 Å². The quantitative estimate of drug-likeness (QED) is 0.591. The molecule has 0 unspecified atom stereocenters. The standard InChI is InChI=1S/C7H9F2N3/c8-7(9)3-1-2-6-10-5-11-12(6)4-7/h5H,1-4H2. The Morgan fingerprint density at radius 1 is 1.50 bits per heavy atom. The predicted molar refractivity (Wildman–Crippen MR) is 37.9 cm³/mol. The Kier molecular flexibility index (Phi) is 1.59. The maximum Gasteiger partial charge on any atom is 0.267 e. The number of rotatable bonds is 0. The SMILES string of the molecule is FC1(F)CCCc2ncnn2C1. The third kappa shape index (κ3) is 1.31. The van der Waals surface area contributed by atoms with Crippen molar-refractivity contribution >= 4 is 0 Å². The third-order valence-electron chi connectivity index (χ3n) is 2.02. The summed E-state index contributed by atoms with van der Waals surface area (Å²) in [6, 6.07) is 0. The average molecular weight is 173 g/mol. The van der Waals surface area contributed by atoms with Gasteiger partial charge in [-0.2, -0.15) is 5.10 Å².